The number of hydrogen-bond acceptors (Lipinski definition) is 3. The average molecular weight is 172 g/mol. The van der Waals surface area contributed by atoms with E-state index in [4.69, 9.17) is 11.6 Å². The van der Waals surface area contributed by atoms with E-state index < -0.39 is 0 Å². The number of hydrogen-bond donors (Lipinski definition) is 0. The second kappa shape index (κ2) is 3.62. The molecule has 1 aromatic heterocycles. The van der Waals surface area contributed by atoms with Gasteiger partial charge in [-0.25, -0.2) is 15.0 Å². The lowest BCUT2D eigenvalue weighted by Crippen LogP contribution is -2.01. The molecule has 0 fully saturated rings. The molecular formula is C7H10ClN3. The number of aromatic nitrogens is 3. The molecule has 60 valence electrons. The Balaban J connectivity index is 2.71. The van der Waals surface area contributed by atoms with Crippen molar-refractivity contribution in [3.63, 3.8) is 0 Å². The smallest absolute Gasteiger partial charge is 0.221 e. The molecule has 0 radical (unpaired) electrons. The van der Waals surface area contributed by atoms with E-state index in [9.17, 15) is 0 Å². The molecule has 0 spiro atoms. The minimum absolute atomic E-state index is 0.274. The highest BCUT2D eigenvalue weighted by Gasteiger charge is 2.00. The molecule has 0 aliphatic carbocycles. The second-order valence-corrected chi connectivity index (χ2v) is 3.11. The molecule has 0 saturated heterocycles. The van der Waals surface area contributed by atoms with Crippen LogP contribution in [0.2, 0.25) is 5.28 Å². The van der Waals surface area contributed by atoms with Crippen LogP contribution in [0.25, 0.3) is 0 Å². The molecule has 0 aromatic carbocycles. The summed E-state index contributed by atoms with van der Waals surface area (Å²) in [5, 5.41) is 0.274. The van der Waals surface area contributed by atoms with E-state index in [1.165, 1.54) is 6.33 Å². The van der Waals surface area contributed by atoms with Crippen LogP contribution in [0.3, 0.4) is 0 Å². The topological polar surface area (TPSA) is 38.7 Å². The van der Waals surface area contributed by atoms with Crippen LogP contribution in [0, 0.1) is 5.92 Å². The van der Waals surface area contributed by atoms with Crippen molar-refractivity contribution in [3.05, 3.63) is 17.4 Å². The third-order valence-electron chi connectivity index (χ3n) is 1.18. The predicted octanol–water partition coefficient (Wildman–Crippen LogP) is 1.72. The fourth-order valence-electron chi connectivity index (χ4n) is 0.771. The second-order valence-electron chi connectivity index (χ2n) is 2.77. The van der Waals surface area contributed by atoms with Crippen molar-refractivity contribution >= 4 is 11.6 Å². The van der Waals surface area contributed by atoms with Gasteiger partial charge in [0.2, 0.25) is 5.28 Å². The van der Waals surface area contributed by atoms with Crippen molar-refractivity contribution in [1.82, 2.24) is 15.0 Å². The summed E-state index contributed by atoms with van der Waals surface area (Å²) >= 11 is 5.57. The summed E-state index contributed by atoms with van der Waals surface area (Å²) in [6.45, 7) is 4.22. The van der Waals surface area contributed by atoms with Crippen molar-refractivity contribution in [2.24, 2.45) is 5.92 Å². The van der Waals surface area contributed by atoms with Crippen molar-refractivity contribution in [2.75, 3.05) is 0 Å². The van der Waals surface area contributed by atoms with Crippen LogP contribution in [0.1, 0.15) is 19.7 Å². The van der Waals surface area contributed by atoms with Crippen molar-refractivity contribution in [1.29, 1.82) is 0 Å². The fourth-order valence-corrected chi connectivity index (χ4v) is 0.912. The summed E-state index contributed by atoms with van der Waals surface area (Å²) < 4.78 is 0. The van der Waals surface area contributed by atoms with Gasteiger partial charge in [-0.1, -0.05) is 13.8 Å². The van der Waals surface area contributed by atoms with E-state index in [0.717, 1.165) is 12.2 Å². The van der Waals surface area contributed by atoms with Crippen molar-refractivity contribution in [2.45, 2.75) is 20.3 Å². The third-order valence-corrected chi connectivity index (χ3v) is 1.37. The van der Waals surface area contributed by atoms with Gasteiger partial charge in [-0.15, -0.1) is 0 Å². The van der Waals surface area contributed by atoms with Gasteiger partial charge in [0, 0.05) is 6.42 Å². The van der Waals surface area contributed by atoms with Gasteiger partial charge in [-0.05, 0) is 17.5 Å². The van der Waals surface area contributed by atoms with Crippen LogP contribution >= 0.6 is 11.6 Å². The van der Waals surface area contributed by atoms with E-state index >= 15 is 0 Å². The van der Waals surface area contributed by atoms with Crippen LogP contribution in [-0.2, 0) is 6.42 Å². The van der Waals surface area contributed by atoms with Crippen LogP contribution in [-0.4, -0.2) is 15.0 Å². The minimum atomic E-state index is 0.274. The molecule has 1 aromatic rings. The van der Waals surface area contributed by atoms with E-state index in [1.54, 1.807) is 0 Å². The molecule has 0 saturated carbocycles. The zero-order valence-corrected chi connectivity index (χ0v) is 7.34. The van der Waals surface area contributed by atoms with Gasteiger partial charge in [-0.2, -0.15) is 0 Å². The molecular weight excluding hydrogens is 162 g/mol. The Kier molecular flexibility index (Phi) is 2.76. The number of halogens is 1. The normalized spacial score (nSPS) is 10.5. The van der Waals surface area contributed by atoms with Gasteiger partial charge in [0.05, 0.1) is 0 Å². The maximum atomic E-state index is 5.57. The van der Waals surface area contributed by atoms with Crippen LogP contribution < -0.4 is 0 Å². The van der Waals surface area contributed by atoms with Gasteiger partial charge < -0.3 is 0 Å². The third kappa shape index (κ3) is 2.80. The average Bonchev–Trinajstić information content (AvgIpc) is 1.85. The summed E-state index contributed by atoms with van der Waals surface area (Å²) in [7, 11) is 0. The van der Waals surface area contributed by atoms with Crippen LogP contribution in [0.5, 0.6) is 0 Å². The SMILES string of the molecule is CC(C)Cc1ncnc(Cl)n1. The van der Waals surface area contributed by atoms with Gasteiger partial charge in [0.1, 0.15) is 12.2 Å². The lowest BCUT2D eigenvalue weighted by molar-refractivity contribution is 0.617. The Hall–Kier alpha value is -0.700. The first-order valence-corrected chi connectivity index (χ1v) is 3.89. The lowest BCUT2D eigenvalue weighted by atomic mass is 10.1. The fraction of sp³-hybridized carbons (Fsp3) is 0.571. The highest BCUT2D eigenvalue weighted by molar-refractivity contribution is 6.28. The molecule has 11 heavy (non-hydrogen) atoms. The molecule has 0 amide bonds. The van der Waals surface area contributed by atoms with Crippen molar-refractivity contribution < 1.29 is 0 Å². The molecule has 0 N–H and O–H groups in total. The molecule has 0 bridgehead atoms. The maximum absolute atomic E-state index is 5.57. The summed E-state index contributed by atoms with van der Waals surface area (Å²) in [4.78, 5) is 11.6. The Labute approximate surface area is 70.9 Å². The van der Waals surface area contributed by atoms with Crippen LogP contribution in [0.4, 0.5) is 0 Å². The first-order valence-electron chi connectivity index (χ1n) is 3.52. The lowest BCUT2D eigenvalue weighted by Gasteiger charge is -2.01. The number of nitrogens with zero attached hydrogens (tertiary/aromatic N) is 3. The molecule has 0 atom stereocenters. The molecule has 3 nitrogen and oxygen atoms in total. The van der Waals surface area contributed by atoms with Crippen molar-refractivity contribution in [3.8, 4) is 0 Å². The monoisotopic (exact) mass is 171 g/mol. The van der Waals surface area contributed by atoms with Gasteiger partial charge in [-0.3, -0.25) is 0 Å². The predicted molar refractivity (Wildman–Crippen MR) is 43.4 cm³/mol. The van der Waals surface area contributed by atoms with E-state index in [1.807, 2.05) is 0 Å². The Morgan fingerprint density at radius 2 is 2.18 bits per heavy atom. The molecule has 0 aliphatic rings. The Morgan fingerprint density at radius 3 is 2.73 bits per heavy atom. The number of rotatable bonds is 2. The van der Waals surface area contributed by atoms with E-state index in [0.29, 0.717) is 5.92 Å². The molecule has 4 heteroatoms. The maximum Gasteiger partial charge on any atom is 0.225 e. The van der Waals surface area contributed by atoms with E-state index in [2.05, 4.69) is 28.8 Å². The minimum Gasteiger partial charge on any atom is -0.221 e. The molecule has 1 heterocycles. The highest BCUT2D eigenvalue weighted by Crippen LogP contribution is 2.03. The van der Waals surface area contributed by atoms with Crippen LogP contribution in [0.15, 0.2) is 6.33 Å². The first-order chi connectivity index (χ1) is 5.18. The van der Waals surface area contributed by atoms with Gasteiger partial charge in [0.25, 0.3) is 0 Å². The summed E-state index contributed by atoms with van der Waals surface area (Å²) in [5.41, 5.74) is 0. The Morgan fingerprint density at radius 1 is 1.45 bits per heavy atom. The quantitative estimate of drug-likeness (QED) is 0.680. The summed E-state index contributed by atoms with van der Waals surface area (Å²) in [6.07, 6.45) is 2.29. The summed E-state index contributed by atoms with van der Waals surface area (Å²) in [5.74, 6) is 1.31. The molecule has 0 unspecified atom stereocenters. The summed E-state index contributed by atoms with van der Waals surface area (Å²) in [6, 6.07) is 0. The van der Waals surface area contributed by atoms with E-state index in [-0.39, 0.29) is 5.28 Å². The zero-order valence-electron chi connectivity index (χ0n) is 6.58. The zero-order chi connectivity index (χ0) is 8.27. The molecule has 1 rings (SSSR count). The van der Waals surface area contributed by atoms with Gasteiger partial charge >= 0.3 is 0 Å². The largest absolute Gasteiger partial charge is 0.225 e. The molecule has 0 aliphatic heterocycles. The van der Waals surface area contributed by atoms with Gasteiger partial charge in [0.15, 0.2) is 0 Å². The first kappa shape index (κ1) is 8.40. The highest BCUT2D eigenvalue weighted by atomic mass is 35.5. The Bertz CT molecular complexity index is 237. The standard InChI is InChI=1S/C7H10ClN3/c1-5(2)3-6-9-4-10-7(8)11-6/h4-5H,3H2,1-2H3.